The predicted molar refractivity (Wildman–Crippen MR) is 92.0 cm³/mol. The molecule has 1 amide bonds. The third kappa shape index (κ3) is 3.99. The van der Waals surface area contributed by atoms with Gasteiger partial charge in [0.05, 0.1) is 6.42 Å². The molecule has 1 atom stereocenters. The Bertz CT molecular complexity index is 883. The summed E-state index contributed by atoms with van der Waals surface area (Å²) in [4.78, 5) is 34.3. The van der Waals surface area contributed by atoms with Crippen molar-refractivity contribution < 1.29 is 23.8 Å². The third-order valence-electron chi connectivity index (χ3n) is 4.13. The van der Waals surface area contributed by atoms with E-state index < -0.39 is 23.6 Å². The molecule has 25 heavy (non-hydrogen) atoms. The summed E-state index contributed by atoms with van der Waals surface area (Å²) < 4.78 is 11.0. The number of carboxylic acid groups (broad SMARTS) is 1. The Morgan fingerprint density at radius 3 is 2.52 bits per heavy atom. The number of aryl methyl sites for hydroxylation is 2. The van der Waals surface area contributed by atoms with E-state index in [4.69, 9.17) is 14.3 Å². The number of benzene rings is 1. The zero-order chi connectivity index (χ0) is 18.7. The molecule has 0 bridgehead atoms. The van der Waals surface area contributed by atoms with Gasteiger partial charge in [0, 0.05) is 23.1 Å². The van der Waals surface area contributed by atoms with Crippen molar-refractivity contribution in [1.29, 1.82) is 0 Å². The molecule has 0 unspecified atom stereocenters. The summed E-state index contributed by atoms with van der Waals surface area (Å²) in [5.74, 6) is -0.970. The number of hydrogen-bond donors (Lipinski definition) is 2. The molecule has 7 nitrogen and oxygen atoms in total. The minimum Gasteiger partial charge on any atom is -0.481 e. The average Bonchev–Trinajstić information content (AvgIpc) is 2.55. The Morgan fingerprint density at radius 2 is 1.88 bits per heavy atom. The van der Waals surface area contributed by atoms with Crippen LogP contribution in [0.25, 0.3) is 11.0 Å². The van der Waals surface area contributed by atoms with Crippen molar-refractivity contribution in [2.45, 2.75) is 40.2 Å². The maximum absolute atomic E-state index is 12.0. The van der Waals surface area contributed by atoms with Crippen LogP contribution in [0, 0.1) is 20.8 Å². The van der Waals surface area contributed by atoms with Gasteiger partial charge >= 0.3 is 11.6 Å². The molecule has 2 rings (SSSR count). The van der Waals surface area contributed by atoms with E-state index in [0.717, 1.165) is 10.9 Å². The zero-order valence-corrected chi connectivity index (χ0v) is 14.6. The van der Waals surface area contributed by atoms with Gasteiger partial charge in [-0.3, -0.25) is 9.59 Å². The van der Waals surface area contributed by atoms with Crippen molar-refractivity contribution in [1.82, 2.24) is 5.32 Å². The van der Waals surface area contributed by atoms with Crippen LogP contribution in [0.15, 0.2) is 21.3 Å². The van der Waals surface area contributed by atoms with E-state index in [1.807, 2.05) is 6.92 Å². The highest BCUT2D eigenvalue weighted by Crippen LogP contribution is 2.29. The van der Waals surface area contributed by atoms with Crippen LogP contribution < -0.4 is 15.7 Å². The fourth-order valence-electron chi connectivity index (χ4n) is 2.43. The molecule has 7 heteroatoms. The van der Waals surface area contributed by atoms with Crippen LogP contribution in [0.1, 0.15) is 30.0 Å². The van der Waals surface area contributed by atoms with Crippen LogP contribution in [0.3, 0.4) is 0 Å². The van der Waals surface area contributed by atoms with E-state index in [2.05, 4.69) is 5.32 Å². The van der Waals surface area contributed by atoms with E-state index in [1.54, 1.807) is 32.9 Å². The normalized spacial score (nSPS) is 12.0. The molecule has 2 N–H and O–H groups in total. The Morgan fingerprint density at radius 1 is 1.20 bits per heavy atom. The minimum atomic E-state index is -0.986. The van der Waals surface area contributed by atoms with Crippen molar-refractivity contribution in [2.75, 3.05) is 6.54 Å². The van der Waals surface area contributed by atoms with Gasteiger partial charge < -0.3 is 19.6 Å². The quantitative estimate of drug-likeness (QED) is 0.775. The number of ether oxygens (including phenoxy) is 1. The summed E-state index contributed by atoms with van der Waals surface area (Å²) in [6, 6.07) is 3.52. The number of amides is 1. The molecule has 0 spiro atoms. The molecule has 2 aromatic rings. The van der Waals surface area contributed by atoms with Gasteiger partial charge in [-0.25, -0.2) is 4.79 Å². The van der Waals surface area contributed by atoms with Crippen LogP contribution in [-0.4, -0.2) is 29.6 Å². The minimum absolute atomic E-state index is 0.0336. The molecule has 1 aromatic heterocycles. The molecule has 0 aliphatic rings. The summed E-state index contributed by atoms with van der Waals surface area (Å²) >= 11 is 0. The van der Waals surface area contributed by atoms with Crippen molar-refractivity contribution >= 4 is 22.8 Å². The van der Waals surface area contributed by atoms with E-state index >= 15 is 0 Å². The number of carbonyl (C=O) groups is 2. The van der Waals surface area contributed by atoms with Gasteiger partial charge in [0.2, 0.25) is 0 Å². The van der Waals surface area contributed by atoms with Crippen molar-refractivity contribution in [2.24, 2.45) is 0 Å². The van der Waals surface area contributed by atoms with Gasteiger partial charge in [-0.1, -0.05) is 0 Å². The van der Waals surface area contributed by atoms with Crippen LogP contribution in [-0.2, 0) is 9.59 Å². The lowest BCUT2D eigenvalue weighted by atomic mass is 10.0. The summed E-state index contributed by atoms with van der Waals surface area (Å²) in [5.41, 5.74) is 2.07. The first-order valence-electron chi connectivity index (χ1n) is 7.92. The first kappa shape index (κ1) is 18.5. The SMILES string of the molecule is Cc1c(C)c2ccc(O[C@@H](C)C(=O)NCCC(=O)O)c(C)c2oc1=O. The number of carboxylic acids is 1. The highest BCUT2D eigenvalue weighted by molar-refractivity contribution is 5.86. The number of aliphatic carboxylic acids is 1. The second kappa shape index (κ2) is 7.38. The highest BCUT2D eigenvalue weighted by Gasteiger charge is 2.18. The maximum atomic E-state index is 12.0. The Hall–Kier alpha value is -2.83. The molecule has 0 aliphatic heterocycles. The lowest BCUT2D eigenvalue weighted by molar-refractivity contribution is -0.137. The average molecular weight is 347 g/mol. The maximum Gasteiger partial charge on any atom is 0.339 e. The van der Waals surface area contributed by atoms with E-state index in [-0.39, 0.29) is 13.0 Å². The first-order chi connectivity index (χ1) is 11.7. The zero-order valence-electron chi connectivity index (χ0n) is 14.6. The summed E-state index contributed by atoms with van der Waals surface area (Å²) in [5, 5.41) is 11.9. The van der Waals surface area contributed by atoms with Gasteiger partial charge in [0.1, 0.15) is 11.3 Å². The molecular formula is C18H21NO6. The molecule has 0 saturated heterocycles. The number of rotatable bonds is 6. The summed E-state index contributed by atoms with van der Waals surface area (Å²) in [6.45, 7) is 6.92. The fraction of sp³-hybridized carbons (Fsp3) is 0.389. The van der Waals surface area contributed by atoms with Crippen molar-refractivity contribution in [3.63, 3.8) is 0 Å². The Labute approximate surface area is 144 Å². The number of nitrogens with one attached hydrogen (secondary N) is 1. The fourth-order valence-corrected chi connectivity index (χ4v) is 2.43. The van der Waals surface area contributed by atoms with Crippen molar-refractivity contribution in [3.8, 4) is 5.75 Å². The Kier molecular flexibility index (Phi) is 5.46. The number of fused-ring (bicyclic) bond motifs is 1. The highest BCUT2D eigenvalue weighted by atomic mass is 16.5. The molecule has 0 fully saturated rings. The Balaban J connectivity index is 2.23. The molecule has 0 saturated carbocycles. The monoisotopic (exact) mass is 347 g/mol. The lowest BCUT2D eigenvalue weighted by Gasteiger charge is -2.17. The molecule has 1 heterocycles. The molecule has 0 radical (unpaired) electrons. The second-order valence-corrected chi connectivity index (χ2v) is 5.90. The molecule has 134 valence electrons. The molecule has 1 aromatic carbocycles. The van der Waals surface area contributed by atoms with Gasteiger partial charge in [-0.15, -0.1) is 0 Å². The van der Waals surface area contributed by atoms with Crippen LogP contribution in [0.4, 0.5) is 0 Å². The van der Waals surface area contributed by atoms with Gasteiger partial charge in [0.25, 0.3) is 5.91 Å². The van der Waals surface area contributed by atoms with E-state index in [9.17, 15) is 14.4 Å². The lowest BCUT2D eigenvalue weighted by Crippen LogP contribution is -2.37. The number of hydrogen-bond acceptors (Lipinski definition) is 5. The summed E-state index contributed by atoms with van der Waals surface area (Å²) in [6.07, 6.45) is -0.972. The predicted octanol–water partition coefficient (Wildman–Crippen LogP) is 2.08. The standard InChI is InChI=1S/C18H21NO6/c1-9-10(2)18(23)25-16-11(3)14(6-5-13(9)16)24-12(4)17(22)19-8-7-15(20)21/h5-6,12H,7-8H2,1-4H3,(H,19,22)(H,20,21)/t12-/m0/s1. The molecule has 0 aliphatic carbocycles. The topological polar surface area (TPSA) is 106 Å². The van der Waals surface area contributed by atoms with Gasteiger partial charge in [0.15, 0.2) is 6.10 Å². The van der Waals surface area contributed by atoms with E-state index in [1.165, 1.54) is 0 Å². The van der Waals surface area contributed by atoms with Crippen LogP contribution >= 0.6 is 0 Å². The number of carbonyl (C=O) groups excluding carboxylic acids is 1. The van der Waals surface area contributed by atoms with Crippen LogP contribution in [0.5, 0.6) is 5.75 Å². The third-order valence-corrected chi connectivity index (χ3v) is 4.13. The largest absolute Gasteiger partial charge is 0.481 e. The van der Waals surface area contributed by atoms with E-state index in [0.29, 0.717) is 22.5 Å². The second-order valence-electron chi connectivity index (χ2n) is 5.90. The van der Waals surface area contributed by atoms with Crippen molar-refractivity contribution in [3.05, 3.63) is 39.2 Å². The smallest absolute Gasteiger partial charge is 0.339 e. The van der Waals surface area contributed by atoms with Crippen LogP contribution in [0.2, 0.25) is 0 Å². The molecular weight excluding hydrogens is 326 g/mol. The summed E-state index contributed by atoms with van der Waals surface area (Å²) in [7, 11) is 0. The van der Waals surface area contributed by atoms with Gasteiger partial charge in [-0.2, -0.15) is 0 Å². The van der Waals surface area contributed by atoms with Gasteiger partial charge in [-0.05, 0) is 45.4 Å². The first-order valence-corrected chi connectivity index (χ1v) is 7.92.